The van der Waals surface area contributed by atoms with Crippen LogP contribution in [0.5, 0.6) is 0 Å². The van der Waals surface area contributed by atoms with Gasteiger partial charge in [-0.3, -0.25) is 0 Å². The van der Waals surface area contributed by atoms with Crippen LogP contribution in [-0.4, -0.2) is 29.7 Å². The minimum absolute atomic E-state index is 0.0271. The van der Waals surface area contributed by atoms with Crippen LogP contribution in [0.4, 0.5) is 11.6 Å². The van der Waals surface area contributed by atoms with Gasteiger partial charge in [0.15, 0.2) is 0 Å². The molecule has 1 aliphatic heterocycles. The Morgan fingerprint density at radius 1 is 1.16 bits per heavy atom. The molecule has 2 N–H and O–H groups in total. The van der Waals surface area contributed by atoms with E-state index in [2.05, 4.69) is 20.6 Å². The third kappa shape index (κ3) is 3.07. The Kier molecular flexibility index (Phi) is 3.67. The average molecular weight is 256 g/mol. The zero-order valence-electron chi connectivity index (χ0n) is 10.5. The van der Waals surface area contributed by atoms with Gasteiger partial charge in [0.2, 0.25) is 0 Å². The van der Waals surface area contributed by atoms with Gasteiger partial charge in [-0.25, -0.2) is 9.97 Å². The Morgan fingerprint density at radius 2 is 2.11 bits per heavy atom. The molecule has 0 amide bonds. The molecule has 1 saturated heterocycles. The van der Waals surface area contributed by atoms with Gasteiger partial charge in [0, 0.05) is 19.3 Å². The fourth-order valence-corrected chi connectivity index (χ4v) is 2.02. The molecule has 1 atom stereocenters. The van der Waals surface area contributed by atoms with Crippen molar-refractivity contribution in [1.29, 1.82) is 0 Å². The van der Waals surface area contributed by atoms with Crippen molar-refractivity contribution in [3.8, 4) is 0 Å². The molecule has 5 heteroatoms. The van der Waals surface area contributed by atoms with E-state index in [9.17, 15) is 0 Å². The molecule has 2 aromatic heterocycles. The van der Waals surface area contributed by atoms with Crippen molar-refractivity contribution in [3.05, 3.63) is 48.3 Å². The van der Waals surface area contributed by atoms with E-state index in [0.29, 0.717) is 0 Å². The maximum absolute atomic E-state index is 5.70. The quantitative estimate of drug-likeness (QED) is 0.878. The van der Waals surface area contributed by atoms with Crippen LogP contribution in [0.25, 0.3) is 0 Å². The number of rotatable bonds is 3. The third-order valence-electron chi connectivity index (χ3n) is 2.95. The summed E-state index contributed by atoms with van der Waals surface area (Å²) in [5.74, 6) is 1.57. The van der Waals surface area contributed by atoms with Crippen molar-refractivity contribution in [3.63, 3.8) is 0 Å². The van der Waals surface area contributed by atoms with E-state index in [-0.39, 0.29) is 6.10 Å². The summed E-state index contributed by atoms with van der Waals surface area (Å²) < 4.78 is 5.70. The molecule has 1 unspecified atom stereocenters. The summed E-state index contributed by atoms with van der Waals surface area (Å²) in [6.45, 7) is 2.44. The second kappa shape index (κ2) is 5.77. The summed E-state index contributed by atoms with van der Waals surface area (Å²) in [5.41, 5.74) is 0.938. The molecule has 0 saturated carbocycles. The van der Waals surface area contributed by atoms with Gasteiger partial charge in [0.05, 0.1) is 12.3 Å². The van der Waals surface area contributed by atoms with Crippen molar-refractivity contribution >= 4 is 11.6 Å². The molecule has 5 nitrogen and oxygen atoms in total. The number of ether oxygens (including phenoxy) is 1. The lowest BCUT2D eigenvalue weighted by molar-refractivity contribution is 0.0251. The van der Waals surface area contributed by atoms with Crippen LogP contribution in [0, 0.1) is 0 Å². The largest absolute Gasteiger partial charge is 0.369 e. The lowest BCUT2D eigenvalue weighted by atomic mass is 10.2. The van der Waals surface area contributed by atoms with Crippen LogP contribution in [0.2, 0.25) is 0 Å². The van der Waals surface area contributed by atoms with Gasteiger partial charge in [-0.1, -0.05) is 12.1 Å². The predicted molar refractivity (Wildman–Crippen MR) is 73.3 cm³/mol. The monoisotopic (exact) mass is 256 g/mol. The van der Waals surface area contributed by atoms with Crippen LogP contribution in [0.1, 0.15) is 11.8 Å². The van der Waals surface area contributed by atoms with Crippen LogP contribution in [-0.2, 0) is 4.74 Å². The first-order valence-corrected chi connectivity index (χ1v) is 6.39. The molecule has 3 rings (SSSR count). The Bertz CT molecular complexity index is 526. The summed E-state index contributed by atoms with van der Waals surface area (Å²) >= 11 is 0. The van der Waals surface area contributed by atoms with Gasteiger partial charge in [-0.05, 0) is 24.3 Å². The molecule has 1 aliphatic rings. The molecule has 0 radical (unpaired) electrons. The normalized spacial score (nSPS) is 19.1. The number of nitrogens with zero attached hydrogens (tertiary/aromatic N) is 2. The van der Waals surface area contributed by atoms with Crippen LogP contribution < -0.4 is 10.6 Å². The highest BCUT2D eigenvalue weighted by Crippen LogP contribution is 2.19. The van der Waals surface area contributed by atoms with E-state index in [1.54, 1.807) is 6.20 Å². The van der Waals surface area contributed by atoms with Gasteiger partial charge in [-0.2, -0.15) is 0 Å². The lowest BCUT2D eigenvalue weighted by Gasteiger charge is -2.23. The van der Waals surface area contributed by atoms with Gasteiger partial charge in [0.1, 0.15) is 17.7 Å². The van der Waals surface area contributed by atoms with E-state index in [0.717, 1.165) is 37.0 Å². The molecule has 3 heterocycles. The zero-order valence-corrected chi connectivity index (χ0v) is 10.5. The number of pyridine rings is 2. The molecule has 0 aromatic carbocycles. The van der Waals surface area contributed by atoms with Crippen molar-refractivity contribution in [2.24, 2.45) is 0 Å². The van der Waals surface area contributed by atoms with Gasteiger partial charge >= 0.3 is 0 Å². The van der Waals surface area contributed by atoms with Crippen molar-refractivity contribution in [1.82, 2.24) is 15.3 Å². The number of aromatic nitrogens is 2. The summed E-state index contributed by atoms with van der Waals surface area (Å²) in [6, 6.07) is 11.6. The average Bonchev–Trinajstić information content (AvgIpc) is 2.49. The lowest BCUT2D eigenvalue weighted by Crippen LogP contribution is -2.33. The molecule has 1 fully saturated rings. The molecule has 2 aromatic rings. The molecular formula is C14H16N4O. The molecule has 0 aliphatic carbocycles. The highest BCUT2D eigenvalue weighted by molar-refractivity contribution is 5.51. The first-order valence-electron chi connectivity index (χ1n) is 6.39. The summed E-state index contributed by atoms with van der Waals surface area (Å²) in [4.78, 5) is 8.80. The highest BCUT2D eigenvalue weighted by Gasteiger charge is 2.17. The number of anilines is 2. The van der Waals surface area contributed by atoms with Crippen LogP contribution in [0.15, 0.2) is 42.6 Å². The Balaban J connectivity index is 1.76. The maximum atomic E-state index is 5.70. The Hall–Kier alpha value is -1.98. The van der Waals surface area contributed by atoms with Crippen molar-refractivity contribution in [2.45, 2.75) is 6.10 Å². The van der Waals surface area contributed by atoms with Crippen LogP contribution >= 0.6 is 0 Å². The Labute approximate surface area is 112 Å². The zero-order chi connectivity index (χ0) is 12.9. The molecule has 0 spiro atoms. The highest BCUT2D eigenvalue weighted by atomic mass is 16.5. The van der Waals surface area contributed by atoms with Gasteiger partial charge < -0.3 is 15.4 Å². The minimum atomic E-state index is 0.0271. The smallest absolute Gasteiger partial charge is 0.131 e. The second-order valence-corrected chi connectivity index (χ2v) is 4.35. The van der Waals surface area contributed by atoms with Crippen molar-refractivity contribution < 1.29 is 4.74 Å². The molecular weight excluding hydrogens is 240 g/mol. The number of nitrogens with one attached hydrogen (secondary N) is 2. The molecule has 19 heavy (non-hydrogen) atoms. The van der Waals surface area contributed by atoms with E-state index in [1.807, 2.05) is 36.4 Å². The number of morpholine rings is 1. The topological polar surface area (TPSA) is 59.1 Å². The number of hydrogen-bond donors (Lipinski definition) is 2. The van der Waals surface area contributed by atoms with Crippen molar-refractivity contribution in [2.75, 3.05) is 25.0 Å². The predicted octanol–water partition coefficient (Wildman–Crippen LogP) is 1.88. The van der Waals surface area contributed by atoms with E-state index in [1.165, 1.54) is 0 Å². The SMILES string of the molecule is c1ccc(Nc2cccc(C3CNCCO3)n2)nc1. The molecule has 98 valence electrons. The molecule has 0 bridgehead atoms. The first-order chi connectivity index (χ1) is 9.42. The van der Waals surface area contributed by atoms with E-state index < -0.39 is 0 Å². The fourth-order valence-electron chi connectivity index (χ4n) is 2.02. The summed E-state index contributed by atoms with van der Waals surface area (Å²) in [5, 5.41) is 6.49. The fraction of sp³-hybridized carbons (Fsp3) is 0.286. The second-order valence-electron chi connectivity index (χ2n) is 4.35. The van der Waals surface area contributed by atoms with Gasteiger partial charge in [-0.15, -0.1) is 0 Å². The van der Waals surface area contributed by atoms with Gasteiger partial charge in [0.25, 0.3) is 0 Å². The summed E-state index contributed by atoms with van der Waals surface area (Å²) in [6.07, 6.45) is 1.78. The Morgan fingerprint density at radius 3 is 2.89 bits per heavy atom. The third-order valence-corrected chi connectivity index (χ3v) is 2.95. The summed E-state index contributed by atoms with van der Waals surface area (Å²) in [7, 11) is 0. The number of hydrogen-bond acceptors (Lipinski definition) is 5. The van der Waals surface area contributed by atoms with E-state index in [4.69, 9.17) is 4.74 Å². The first kappa shape index (κ1) is 12.1. The van der Waals surface area contributed by atoms with Crippen LogP contribution in [0.3, 0.4) is 0 Å². The standard InChI is InChI=1S/C14H16N4O/c1-2-7-16-13(5-1)18-14-6-3-4-11(17-14)12-10-15-8-9-19-12/h1-7,12,15H,8-10H2,(H,16,17,18). The van der Waals surface area contributed by atoms with E-state index >= 15 is 0 Å². The minimum Gasteiger partial charge on any atom is -0.369 e. The maximum Gasteiger partial charge on any atom is 0.131 e.